The number of nitrogens with one attached hydrogen (secondary N) is 1. The van der Waals surface area contributed by atoms with Crippen molar-refractivity contribution in [2.24, 2.45) is 18.9 Å². The lowest BCUT2D eigenvalue weighted by Gasteiger charge is -2.25. The number of hydrogen-bond donors (Lipinski definition) is 1. The number of nitrogens with zero attached hydrogens (tertiary/aromatic N) is 2. The Morgan fingerprint density at radius 3 is 2.60 bits per heavy atom. The highest BCUT2D eigenvalue weighted by atomic mass is 35.5. The summed E-state index contributed by atoms with van der Waals surface area (Å²) in [5.41, 5.74) is 2.21. The van der Waals surface area contributed by atoms with Gasteiger partial charge in [0.15, 0.2) is 0 Å². The van der Waals surface area contributed by atoms with Gasteiger partial charge in [0.2, 0.25) is 0 Å². The number of halogens is 1. The van der Waals surface area contributed by atoms with Crippen LogP contribution in [0.4, 0.5) is 0 Å². The lowest BCUT2D eigenvalue weighted by atomic mass is 9.92. The summed E-state index contributed by atoms with van der Waals surface area (Å²) in [7, 11) is 2.01. The van der Waals surface area contributed by atoms with Crippen LogP contribution in [0.2, 0.25) is 5.02 Å². The van der Waals surface area contributed by atoms with E-state index in [1.807, 2.05) is 11.7 Å². The van der Waals surface area contributed by atoms with Crippen LogP contribution in [0.15, 0.2) is 0 Å². The Hall–Kier alpha value is -0.540. The second kappa shape index (κ2) is 6.95. The normalized spacial score (nSPS) is 18.2. The zero-order chi connectivity index (χ0) is 14.7. The fourth-order valence-corrected chi connectivity index (χ4v) is 3.34. The van der Waals surface area contributed by atoms with Gasteiger partial charge >= 0.3 is 0 Å². The molecule has 0 amide bonds. The molecule has 2 atom stereocenters. The summed E-state index contributed by atoms with van der Waals surface area (Å²) < 4.78 is 1.97. The summed E-state index contributed by atoms with van der Waals surface area (Å²) in [5, 5.41) is 9.14. The first-order chi connectivity index (χ1) is 9.58. The first kappa shape index (κ1) is 15.8. The molecule has 114 valence electrons. The van der Waals surface area contributed by atoms with Gasteiger partial charge in [-0.05, 0) is 44.1 Å². The van der Waals surface area contributed by atoms with E-state index in [2.05, 4.69) is 31.2 Å². The SMILES string of the molecule is CCCNC(Cc1c(Cl)c(CC)nn1C)C(C)C1CC1. The molecule has 1 aliphatic carbocycles. The zero-order valence-corrected chi connectivity index (χ0v) is 14.0. The Balaban J connectivity index is 2.11. The molecule has 1 heterocycles. The van der Waals surface area contributed by atoms with E-state index in [0.29, 0.717) is 6.04 Å². The fraction of sp³-hybridized carbons (Fsp3) is 0.812. The average Bonchev–Trinajstić information content (AvgIpc) is 3.24. The van der Waals surface area contributed by atoms with Crippen molar-refractivity contribution >= 4 is 11.6 Å². The Labute approximate surface area is 128 Å². The monoisotopic (exact) mass is 297 g/mol. The molecule has 1 saturated carbocycles. The molecular weight excluding hydrogens is 270 g/mol. The van der Waals surface area contributed by atoms with Gasteiger partial charge in [-0.2, -0.15) is 5.10 Å². The molecule has 3 nitrogen and oxygen atoms in total. The summed E-state index contributed by atoms with van der Waals surface area (Å²) in [6.45, 7) is 7.80. The van der Waals surface area contributed by atoms with E-state index in [0.717, 1.165) is 41.9 Å². The smallest absolute Gasteiger partial charge is 0.0850 e. The molecule has 1 fully saturated rings. The zero-order valence-electron chi connectivity index (χ0n) is 13.2. The molecule has 0 radical (unpaired) electrons. The summed E-state index contributed by atoms with van der Waals surface area (Å²) in [5.74, 6) is 1.62. The van der Waals surface area contributed by atoms with Crippen LogP contribution >= 0.6 is 11.6 Å². The van der Waals surface area contributed by atoms with Crippen LogP contribution in [-0.4, -0.2) is 22.4 Å². The predicted molar refractivity (Wildman–Crippen MR) is 85.3 cm³/mol. The second-order valence-corrected chi connectivity index (χ2v) is 6.52. The maximum absolute atomic E-state index is 6.50. The molecule has 1 aromatic rings. The van der Waals surface area contributed by atoms with E-state index < -0.39 is 0 Å². The molecule has 2 rings (SSSR count). The maximum atomic E-state index is 6.50. The fourth-order valence-electron chi connectivity index (χ4n) is 2.97. The van der Waals surface area contributed by atoms with Gasteiger partial charge in [-0.1, -0.05) is 32.4 Å². The Morgan fingerprint density at radius 1 is 1.40 bits per heavy atom. The van der Waals surface area contributed by atoms with Crippen LogP contribution < -0.4 is 5.32 Å². The summed E-state index contributed by atoms with van der Waals surface area (Å²) in [6, 6.07) is 0.514. The highest BCUT2D eigenvalue weighted by Crippen LogP contribution is 2.39. The minimum atomic E-state index is 0.514. The number of aromatic nitrogens is 2. The Kier molecular flexibility index (Phi) is 5.50. The topological polar surface area (TPSA) is 29.9 Å². The van der Waals surface area contributed by atoms with E-state index in [1.54, 1.807) is 0 Å². The molecule has 0 bridgehead atoms. The van der Waals surface area contributed by atoms with Crippen molar-refractivity contribution in [3.05, 3.63) is 16.4 Å². The molecule has 0 aromatic carbocycles. The van der Waals surface area contributed by atoms with Crippen molar-refractivity contribution in [3.8, 4) is 0 Å². The Bertz CT molecular complexity index is 437. The molecule has 2 unspecified atom stereocenters. The first-order valence-electron chi connectivity index (χ1n) is 8.02. The van der Waals surface area contributed by atoms with Crippen LogP contribution in [0.1, 0.15) is 51.4 Å². The standard InChI is InChI=1S/C16H28ClN3/c1-5-9-18-14(11(3)12-7-8-12)10-15-16(17)13(6-2)19-20(15)4/h11-12,14,18H,5-10H2,1-4H3. The third-order valence-electron chi connectivity index (χ3n) is 4.57. The van der Waals surface area contributed by atoms with Crippen LogP contribution in [0.3, 0.4) is 0 Å². The van der Waals surface area contributed by atoms with E-state index in [-0.39, 0.29) is 0 Å². The van der Waals surface area contributed by atoms with Crippen molar-refractivity contribution in [2.45, 2.75) is 58.9 Å². The van der Waals surface area contributed by atoms with Crippen LogP contribution in [-0.2, 0) is 19.9 Å². The van der Waals surface area contributed by atoms with Gasteiger partial charge in [-0.15, -0.1) is 0 Å². The number of rotatable bonds is 8. The van der Waals surface area contributed by atoms with Crippen molar-refractivity contribution < 1.29 is 0 Å². The highest BCUT2D eigenvalue weighted by molar-refractivity contribution is 6.31. The average molecular weight is 298 g/mol. The summed E-state index contributed by atoms with van der Waals surface area (Å²) >= 11 is 6.50. The molecule has 4 heteroatoms. The van der Waals surface area contributed by atoms with Gasteiger partial charge in [0.1, 0.15) is 0 Å². The second-order valence-electron chi connectivity index (χ2n) is 6.15. The quantitative estimate of drug-likeness (QED) is 0.794. The number of hydrogen-bond acceptors (Lipinski definition) is 2. The molecule has 20 heavy (non-hydrogen) atoms. The number of aryl methyl sites for hydroxylation is 2. The molecule has 1 N–H and O–H groups in total. The molecule has 0 spiro atoms. The van der Waals surface area contributed by atoms with Crippen molar-refractivity contribution in [3.63, 3.8) is 0 Å². The minimum absolute atomic E-state index is 0.514. The van der Waals surface area contributed by atoms with E-state index in [4.69, 9.17) is 11.6 Å². The van der Waals surface area contributed by atoms with Gasteiger partial charge in [0, 0.05) is 19.5 Å². The van der Waals surface area contributed by atoms with Crippen LogP contribution in [0.5, 0.6) is 0 Å². The van der Waals surface area contributed by atoms with Gasteiger partial charge in [-0.3, -0.25) is 4.68 Å². The third kappa shape index (κ3) is 3.56. The lowest BCUT2D eigenvalue weighted by Crippen LogP contribution is -2.38. The third-order valence-corrected chi connectivity index (χ3v) is 5.01. The first-order valence-corrected chi connectivity index (χ1v) is 8.39. The predicted octanol–water partition coefficient (Wildman–Crippen LogP) is 3.59. The van der Waals surface area contributed by atoms with Crippen molar-refractivity contribution in [2.75, 3.05) is 6.54 Å². The van der Waals surface area contributed by atoms with E-state index in [9.17, 15) is 0 Å². The van der Waals surface area contributed by atoms with Crippen LogP contribution in [0.25, 0.3) is 0 Å². The van der Waals surface area contributed by atoms with E-state index >= 15 is 0 Å². The van der Waals surface area contributed by atoms with Crippen LogP contribution in [0, 0.1) is 11.8 Å². The molecule has 0 saturated heterocycles. The summed E-state index contributed by atoms with van der Waals surface area (Å²) in [6.07, 6.45) is 5.85. The minimum Gasteiger partial charge on any atom is -0.313 e. The van der Waals surface area contributed by atoms with Gasteiger partial charge < -0.3 is 5.32 Å². The largest absolute Gasteiger partial charge is 0.313 e. The van der Waals surface area contributed by atoms with Crippen molar-refractivity contribution in [1.82, 2.24) is 15.1 Å². The molecular formula is C16H28ClN3. The van der Waals surface area contributed by atoms with Gasteiger partial charge in [0.05, 0.1) is 16.4 Å². The molecule has 1 aliphatic rings. The van der Waals surface area contributed by atoms with Gasteiger partial charge in [-0.25, -0.2) is 0 Å². The highest BCUT2D eigenvalue weighted by Gasteiger charge is 2.34. The Morgan fingerprint density at radius 2 is 2.10 bits per heavy atom. The van der Waals surface area contributed by atoms with Crippen molar-refractivity contribution in [1.29, 1.82) is 0 Å². The molecule has 1 aromatic heterocycles. The summed E-state index contributed by atoms with van der Waals surface area (Å²) in [4.78, 5) is 0. The van der Waals surface area contributed by atoms with E-state index in [1.165, 1.54) is 25.0 Å². The molecule has 0 aliphatic heterocycles. The van der Waals surface area contributed by atoms with Gasteiger partial charge in [0.25, 0.3) is 0 Å². The lowest BCUT2D eigenvalue weighted by molar-refractivity contribution is 0.335. The maximum Gasteiger partial charge on any atom is 0.0850 e.